The molecule has 0 unspecified atom stereocenters. The van der Waals surface area contributed by atoms with Gasteiger partial charge >= 0.3 is 6.36 Å². The first-order valence-electron chi connectivity index (χ1n) is 10.4. The highest BCUT2D eigenvalue weighted by molar-refractivity contribution is 7.89. The zero-order valence-corrected chi connectivity index (χ0v) is 18.8. The number of benzene rings is 1. The molecule has 1 saturated heterocycles. The number of hydrogen-bond donors (Lipinski definition) is 1. The minimum atomic E-state index is -4.73. The van der Waals surface area contributed by atoms with Crippen molar-refractivity contribution >= 4 is 10.0 Å². The van der Waals surface area contributed by atoms with Crippen molar-refractivity contribution in [2.24, 2.45) is 5.41 Å². The van der Waals surface area contributed by atoms with Gasteiger partial charge in [0.2, 0.25) is 10.0 Å². The molecule has 1 N–H and O–H groups in total. The van der Waals surface area contributed by atoms with E-state index in [1.165, 1.54) is 18.2 Å². The summed E-state index contributed by atoms with van der Waals surface area (Å²) < 4.78 is 69.1. The van der Waals surface area contributed by atoms with Crippen molar-refractivity contribution in [3.8, 4) is 5.75 Å². The maximum absolute atomic E-state index is 13.1. The molecule has 172 valence electrons. The van der Waals surface area contributed by atoms with E-state index in [0.717, 1.165) is 25.9 Å². The quantitative estimate of drug-likeness (QED) is 0.608. The van der Waals surface area contributed by atoms with Crippen molar-refractivity contribution in [1.82, 2.24) is 9.62 Å². The molecule has 0 amide bonds. The van der Waals surface area contributed by atoms with E-state index in [2.05, 4.69) is 10.1 Å². The number of nitrogens with one attached hydrogen (secondary N) is 1. The van der Waals surface area contributed by atoms with Crippen LogP contribution in [0.15, 0.2) is 24.3 Å². The summed E-state index contributed by atoms with van der Waals surface area (Å²) in [5.74, 6) is -0.150. The van der Waals surface area contributed by atoms with Gasteiger partial charge < -0.3 is 10.1 Å². The van der Waals surface area contributed by atoms with E-state index >= 15 is 0 Å². The van der Waals surface area contributed by atoms with Crippen LogP contribution in [0.3, 0.4) is 0 Å². The zero-order valence-electron chi connectivity index (χ0n) is 18.0. The topological polar surface area (TPSA) is 58.6 Å². The molecule has 2 rings (SSSR count). The van der Waals surface area contributed by atoms with Gasteiger partial charge in [-0.15, -0.1) is 13.2 Å². The standard InChI is InChI=1S/C21H33F3N2O3S/c1-20(2,3)11-15-30(27,28)26(18-9-12-25-13-10-18)14-5-7-17-6-4-8-19(16-17)29-21(22,23)24/h4,6,8,16,18,25H,5,7,9-15H2,1-3H3. The van der Waals surface area contributed by atoms with Crippen molar-refractivity contribution in [2.45, 2.75) is 65.3 Å². The SMILES string of the molecule is CC(C)(C)CCS(=O)(=O)N(CCCc1cccc(OC(F)(F)F)c1)C1CCNCC1. The van der Waals surface area contributed by atoms with Crippen molar-refractivity contribution in [1.29, 1.82) is 0 Å². The molecule has 1 heterocycles. The van der Waals surface area contributed by atoms with E-state index in [4.69, 9.17) is 0 Å². The lowest BCUT2D eigenvalue weighted by molar-refractivity contribution is -0.274. The molecular weight excluding hydrogens is 417 g/mol. The highest BCUT2D eigenvalue weighted by Crippen LogP contribution is 2.25. The summed E-state index contributed by atoms with van der Waals surface area (Å²) in [4.78, 5) is 0. The van der Waals surface area contributed by atoms with Crippen LogP contribution in [0.5, 0.6) is 5.75 Å². The molecule has 30 heavy (non-hydrogen) atoms. The first-order valence-corrected chi connectivity index (χ1v) is 12.0. The molecule has 0 saturated carbocycles. The Kier molecular flexibility index (Phi) is 8.59. The normalized spacial score (nSPS) is 16.8. The third-order valence-corrected chi connectivity index (χ3v) is 7.07. The average molecular weight is 451 g/mol. The van der Waals surface area contributed by atoms with Gasteiger partial charge in [-0.3, -0.25) is 0 Å². The molecule has 1 aromatic rings. The molecule has 0 bridgehead atoms. The van der Waals surface area contributed by atoms with E-state index in [1.807, 2.05) is 20.8 Å². The first-order chi connectivity index (χ1) is 13.9. The lowest BCUT2D eigenvalue weighted by atomic mass is 9.94. The number of hydrogen-bond acceptors (Lipinski definition) is 4. The molecule has 1 aromatic carbocycles. The second-order valence-corrected chi connectivity index (χ2v) is 11.1. The maximum Gasteiger partial charge on any atom is 0.573 e. The summed E-state index contributed by atoms with van der Waals surface area (Å²) in [6.45, 7) is 8.00. The lowest BCUT2D eigenvalue weighted by Crippen LogP contribution is -2.47. The van der Waals surface area contributed by atoms with Crippen molar-refractivity contribution in [2.75, 3.05) is 25.4 Å². The predicted octanol–water partition coefficient (Wildman–Crippen LogP) is 4.34. The summed E-state index contributed by atoms with van der Waals surface area (Å²) in [5, 5.41) is 3.26. The summed E-state index contributed by atoms with van der Waals surface area (Å²) in [6, 6.07) is 5.83. The molecule has 1 fully saturated rings. The van der Waals surface area contributed by atoms with Crippen LogP contribution in [0, 0.1) is 5.41 Å². The van der Waals surface area contributed by atoms with Crippen molar-refractivity contribution in [3.63, 3.8) is 0 Å². The van der Waals surface area contributed by atoms with Crippen LogP contribution < -0.4 is 10.1 Å². The third-order valence-electron chi connectivity index (χ3n) is 5.16. The molecule has 0 spiro atoms. The van der Waals surface area contributed by atoms with Gasteiger partial charge in [0.1, 0.15) is 5.75 Å². The minimum absolute atomic E-state index is 0.0314. The average Bonchev–Trinajstić information content (AvgIpc) is 2.63. The van der Waals surface area contributed by atoms with Crippen molar-refractivity contribution < 1.29 is 26.3 Å². The highest BCUT2D eigenvalue weighted by Gasteiger charge is 2.32. The smallest absolute Gasteiger partial charge is 0.406 e. The fourth-order valence-corrected chi connectivity index (χ4v) is 5.71. The second kappa shape index (κ2) is 10.3. The molecular formula is C21H33F3N2O3S. The Balaban J connectivity index is 2.03. The zero-order chi connectivity index (χ0) is 22.4. The number of halogens is 3. The fraction of sp³-hybridized carbons (Fsp3) is 0.714. The number of ether oxygens (including phenoxy) is 1. The number of alkyl halides is 3. The van der Waals surface area contributed by atoms with Gasteiger partial charge in [0, 0.05) is 12.6 Å². The molecule has 0 aliphatic carbocycles. The minimum Gasteiger partial charge on any atom is -0.406 e. The molecule has 1 aliphatic heterocycles. The van der Waals surface area contributed by atoms with Gasteiger partial charge in [-0.25, -0.2) is 8.42 Å². The Morgan fingerprint density at radius 1 is 1.17 bits per heavy atom. The van der Waals surface area contributed by atoms with Crippen molar-refractivity contribution in [3.05, 3.63) is 29.8 Å². The Bertz CT molecular complexity index is 770. The Morgan fingerprint density at radius 3 is 2.43 bits per heavy atom. The summed E-state index contributed by atoms with van der Waals surface area (Å²) in [6.07, 6.45) is -1.61. The highest BCUT2D eigenvalue weighted by atomic mass is 32.2. The molecule has 0 aromatic heterocycles. The van der Waals surface area contributed by atoms with E-state index < -0.39 is 16.4 Å². The molecule has 5 nitrogen and oxygen atoms in total. The van der Waals surface area contributed by atoms with Crippen LogP contribution in [0.4, 0.5) is 13.2 Å². The van der Waals surface area contributed by atoms with Crippen LogP contribution in [0.25, 0.3) is 0 Å². The summed E-state index contributed by atoms with van der Waals surface area (Å²) in [5.41, 5.74) is 0.611. The Hall–Kier alpha value is -1.32. The number of rotatable bonds is 9. The predicted molar refractivity (Wildman–Crippen MR) is 112 cm³/mol. The van der Waals surface area contributed by atoms with E-state index in [9.17, 15) is 21.6 Å². The Labute approximate surface area is 178 Å². The Morgan fingerprint density at radius 2 is 1.83 bits per heavy atom. The van der Waals surface area contributed by atoms with Gasteiger partial charge in [-0.05, 0) is 68.3 Å². The lowest BCUT2D eigenvalue weighted by Gasteiger charge is -2.34. The largest absolute Gasteiger partial charge is 0.573 e. The van der Waals surface area contributed by atoms with Gasteiger partial charge in [0.05, 0.1) is 5.75 Å². The maximum atomic E-state index is 13.1. The van der Waals surface area contributed by atoms with E-state index in [-0.39, 0.29) is 23.0 Å². The van der Waals surface area contributed by atoms with Crippen LogP contribution in [0.1, 0.15) is 52.0 Å². The fourth-order valence-electron chi connectivity index (χ4n) is 3.53. The second-order valence-electron chi connectivity index (χ2n) is 9.02. The number of nitrogens with zero attached hydrogens (tertiary/aromatic N) is 1. The molecule has 9 heteroatoms. The monoisotopic (exact) mass is 450 g/mol. The van der Waals surface area contributed by atoms with Gasteiger partial charge in [0.25, 0.3) is 0 Å². The van der Waals surface area contributed by atoms with Crippen LogP contribution in [0.2, 0.25) is 0 Å². The van der Waals surface area contributed by atoms with Crippen LogP contribution in [-0.2, 0) is 16.4 Å². The van der Waals surface area contributed by atoms with E-state index in [0.29, 0.717) is 31.4 Å². The van der Waals surface area contributed by atoms with Crippen LogP contribution in [-0.4, -0.2) is 50.5 Å². The number of aryl methyl sites for hydroxylation is 1. The number of sulfonamides is 1. The van der Waals surface area contributed by atoms with Gasteiger partial charge in [-0.2, -0.15) is 4.31 Å². The third kappa shape index (κ3) is 8.81. The summed E-state index contributed by atoms with van der Waals surface area (Å²) >= 11 is 0. The molecule has 0 radical (unpaired) electrons. The van der Waals surface area contributed by atoms with Crippen LogP contribution >= 0.6 is 0 Å². The summed E-state index contributed by atoms with van der Waals surface area (Å²) in [7, 11) is -3.41. The van der Waals surface area contributed by atoms with E-state index in [1.54, 1.807) is 10.4 Å². The van der Waals surface area contributed by atoms with Gasteiger partial charge in [-0.1, -0.05) is 32.9 Å². The number of piperidine rings is 1. The molecule has 1 aliphatic rings. The first kappa shape index (κ1) is 24.9. The molecule has 0 atom stereocenters. The van der Waals surface area contributed by atoms with Gasteiger partial charge in [0.15, 0.2) is 0 Å².